The van der Waals surface area contributed by atoms with Gasteiger partial charge in [-0.15, -0.1) is 12.6 Å². The molecular weight excluding hydrogens is 495 g/mol. The average molecular weight is 551 g/mol. The lowest BCUT2D eigenvalue weighted by Crippen LogP contribution is -2.41. The second-order valence-electron chi connectivity index (χ2n) is 10.0. The molecule has 0 rings (SSSR count). The van der Waals surface area contributed by atoms with Crippen molar-refractivity contribution in [3.05, 3.63) is 0 Å². The first-order valence-corrected chi connectivity index (χ1v) is 15.9. The number of hydrogen-bond donors (Lipinski definition) is 2. The van der Waals surface area contributed by atoms with Crippen LogP contribution in [0, 0.1) is 5.92 Å². The SMILES string of the molecule is CCCCCCCCCCCC(CCCCCCCC)CC(S)OC(CC)OC(O)(P=O)C(=O)OC. The van der Waals surface area contributed by atoms with Crippen molar-refractivity contribution in [3.8, 4) is 0 Å². The van der Waals surface area contributed by atoms with Gasteiger partial charge in [0.1, 0.15) is 5.44 Å². The van der Waals surface area contributed by atoms with Gasteiger partial charge in [-0.05, 0) is 18.8 Å². The van der Waals surface area contributed by atoms with Crippen molar-refractivity contribution >= 4 is 27.1 Å². The van der Waals surface area contributed by atoms with Crippen LogP contribution in [-0.4, -0.2) is 35.4 Å². The van der Waals surface area contributed by atoms with E-state index in [4.69, 9.17) is 9.47 Å². The zero-order valence-electron chi connectivity index (χ0n) is 23.5. The van der Waals surface area contributed by atoms with Gasteiger partial charge < -0.3 is 19.3 Å². The highest BCUT2D eigenvalue weighted by molar-refractivity contribution is 7.80. The van der Waals surface area contributed by atoms with Crippen LogP contribution in [0.15, 0.2) is 0 Å². The van der Waals surface area contributed by atoms with Gasteiger partial charge in [0.15, 0.2) is 6.29 Å². The van der Waals surface area contributed by atoms with Crippen LogP contribution in [0.1, 0.15) is 143 Å². The Balaban J connectivity index is 4.64. The molecule has 0 aromatic carbocycles. The van der Waals surface area contributed by atoms with E-state index in [0.717, 1.165) is 26.4 Å². The maximum absolute atomic E-state index is 11.8. The van der Waals surface area contributed by atoms with Crippen molar-refractivity contribution in [2.45, 2.75) is 160 Å². The predicted molar refractivity (Wildman–Crippen MR) is 152 cm³/mol. The normalized spacial score (nSPS) is 15.9. The second kappa shape index (κ2) is 23.9. The van der Waals surface area contributed by atoms with E-state index in [1.807, 2.05) is 0 Å². The lowest BCUT2D eigenvalue weighted by molar-refractivity contribution is -0.257. The van der Waals surface area contributed by atoms with E-state index >= 15 is 0 Å². The van der Waals surface area contributed by atoms with Crippen LogP contribution in [0.5, 0.6) is 0 Å². The Morgan fingerprint density at radius 1 is 0.833 bits per heavy atom. The fourth-order valence-electron chi connectivity index (χ4n) is 4.48. The Bertz CT molecular complexity index is 538. The molecule has 8 heteroatoms. The molecule has 0 saturated heterocycles. The van der Waals surface area contributed by atoms with Crippen molar-refractivity contribution in [2.75, 3.05) is 7.11 Å². The number of unbranched alkanes of at least 4 members (excludes halogenated alkanes) is 13. The number of hydrogen-bond acceptors (Lipinski definition) is 7. The number of carbonyl (C=O) groups excluding carboxylic acids is 1. The molecular formula is C28H55O6PS. The third-order valence-electron chi connectivity index (χ3n) is 6.73. The summed E-state index contributed by atoms with van der Waals surface area (Å²) in [6.45, 7) is 6.30. The van der Waals surface area contributed by atoms with Crippen molar-refractivity contribution in [1.29, 1.82) is 0 Å². The Morgan fingerprint density at radius 3 is 1.67 bits per heavy atom. The first kappa shape index (κ1) is 35.8. The first-order valence-electron chi connectivity index (χ1n) is 14.5. The number of rotatable bonds is 26. The first-order chi connectivity index (χ1) is 17.4. The van der Waals surface area contributed by atoms with Crippen molar-refractivity contribution < 1.29 is 28.7 Å². The van der Waals surface area contributed by atoms with Crippen LogP contribution in [0.2, 0.25) is 0 Å². The average Bonchev–Trinajstić information content (AvgIpc) is 2.88. The molecule has 4 atom stereocenters. The third kappa shape index (κ3) is 18.1. The summed E-state index contributed by atoms with van der Waals surface area (Å²) in [5.74, 6) is -0.610. The van der Waals surface area contributed by atoms with Crippen molar-refractivity contribution in [3.63, 3.8) is 0 Å². The maximum Gasteiger partial charge on any atom is 0.379 e. The zero-order valence-corrected chi connectivity index (χ0v) is 25.3. The van der Waals surface area contributed by atoms with Gasteiger partial charge in [-0.3, -0.25) is 4.57 Å². The molecule has 0 aromatic rings. The maximum atomic E-state index is 11.8. The zero-order chi connectivity index (χ0) is 27.1. The lowest BCUT2D eigenvalue weighted by Gasteiger charge is -2.28. The summed E-state index contributed by atoms with van der Waals surface area (Å²) in [5, 5.41) is 10.2. The third-order valence-corrected chi connectivity index (χ3v) is 7.60. The number of thiol groups is 1. The van der Waals surface area contributed by atoms with E-state index in [1.54, 1.807) is 6.92 Å². The minimum absolute atomic E-state index is 0.367. The van der Waals surface area contributed by atoms with Gasteiger partial charge in [0.05, 0.1) is 7.11 Å². The van der Waals surface area contributed by atoms with E-state index in [2.05, 4.69) is 31.2 Å². The second-order valence-corrected chi connectivity index (χ2v) is 11.4. The van der Waals surface area contributed by atoms with Crippen LogP contribution >= 0.6 is 21.1 Å². The van der Waals surface area contributed by atoms with E-state index < -0.39 is 31.7 Å². The number of ether oxygens (including phenoxy) is 3. The van der Waals surface area contributed by atoms with E-state index in [0.29, 0.717) is 12.3 Å². The molecule has 0 saturated carbocycles. The van der Waals surface area contributed by atoms with Gasteiger partial charge in [0, 0.05) is 0 Å². The van der Waals surface area contributed by atoms with Crippen LogP contribution < -0.4 is 0 Å². The summed E-state index contributed by atoms with van der Waals surface area (Å²) in [4.78, 5) is 11.8. The smallest absolute Gasteiger partial charge is 0.379 e. The summed E-state index contributed by atoms with van der Waals surface area (Å²) in [6, 6.07) is 0. The van der Waals surface area contributed by atoms with Gasteiger partial charge in [0.2, 0.25) is 8.46 Å². The molecule has 0 aromatic heterocycles. The predicted octanol–water partition coefficient (Wildman–Crippen LogP) is 8.80. The van der Waals surface area contributed by atoms with E-state index in [9.17, 15) is 14.5 Å². The van der Waals surface area contributed by atoms with Crippen molar-refractivity contribution in [1.82, 2.24) is 0 Å². The lowest BCUT2D eigenvalue weighted by atomic mass is 9.91. The van der Waals surface area contributed by atoms with Crippen LogP contribution in [0.3, 0.4) is 0 Å². The van der Waals surface area contributed by atoms with E-state index in [-0.39, 0.29) is 0 Å². The summed E-state index contributed by atoms with van der Waals surface area (Å²) in [6.07, 6.45) is 22.1. The summed E-state index contributed by atoms with van der Waals surface area (Å²) in [7, 11) is 0.209. The number of aliphatic hydroxyl groups is 1. The minimum Gasteiger partial charge on any atom is -0.464 e. The quantitative estimate of drug-likeness (QED) is 0.0368. The molecule has 0 aliphatic rings. The largest absolute Gasteiger partial charge is 0.464 e. The van der Waals surface area contributed by atoms with Crippen LogP contribution in [-0.2, 0) is 23.6 Å². The highest BCUT2D eigenvalue weighted by Crippen LogP contribution is 2.30. The fourth-order valence-corrected chi connectivity index (χ4v) is 5.24. The Kier molecular flexibility index (Phi) is 23.8. The standard InChI is InChI=1S/C28H55O6PS/c1-5-8-10-12-14-15-16-18-20-22-24(21-19-17-13-11-9-6-2)23-26(36)33-25(7-3)34-28(30,35-31)27(29)32-4/h24-26,30,36H,5-23H2,1-4H3. The van der Waals surface area contributed by atoms with Crippen LogP contribution in [0.4, 0.5) is 0 Å². The number of methoxy groups -OCH3 is 1. The molecule has 1 N–H and O–H groups in total. The monoisotopic (exact) mass is 550 g/mol. The van der Waals surface area contributed by atoms with Crippen molar-refractivity contribution in [2.24, 2.45) is 5.92 Å². The molecule has 0 aliphatic heterocycles. The summed E-state index contributed by atoms with van der Waals surface area (Å²) < 4.78 is 27.1. The minimum atomic E-state index is -2.57. The molecule has 0 aliphatic carbocycles. The fraction of sp³-hybridized carbons (Fsp3) is 0.964. The Hall–Kier alpha value is -0.200. The molecule has 0 heterocycles. The van der Waals surface area contributed by atoms with Crippen LogP contribution in [0.25, 0.3) is 0 Å². The number of carbonyl (C=O) groups is 1. The molecule has 0 bridgehead atoms. The van der Waals surface area contributed by atoms with Gasteiger partial charge in [0.25, 0.3) is 0 Å². The van der Waals surface area contributed by atoms with E-state index in [1.165, 1.54) is 96.3 Å². The van der Waals surface area contributed by atoms with Gasteiger partial charge in [-0.2, -0.15) is 0 Å². The highest BCUT2D eigenvalue weighted by atomic mass is 32.1. The van der Waals surface area contributed by atoms with Gasteiger partial charge in [-0.25, -0.2) is 4.79 Å². The Labute approximate surface area is 228 Å². The molecule has 0 spiro atoms. The molecule has 6 nitrogen and oxygen atoms in total. The highest BCUT2D eigenvalue weighted by Gasteiger charge is 2.43. The Morgan fingerprint density at radius 2 is 1.28 bits per heavy atom. The molecule has 4 unspecified atom stereocenters. The molecule has 0 radical (unpaired) electrons. The molecule has 0 amide bonds. The van der Waals surface area contributed by atoms with Gasteiger partial charge >= 0.3 is 11.5 Å². The molecule has 36 heavy (non-hydrogen) atoms. The molecule has 0 fully saturated rings. The summed E-state index contributed by atoms with van der Waals surface area (Å²) >= 11 is 4.65. The van der Waals surface area contributed by atoms with Gasteiger partial charge in [-0.1, -0.05) is 130 Å². The number of esters is 1. The summed E-state index contributed by atoms with van der Waals surface area (Å²) in [5.41, 5.74) is -2.97. The molecule has 214 valence electrons. The topological polar surface area (TPSA) is 82.1 Å².